The predicted molar refractivity (Wildman–Crippen MR) is 138 cm³/mol. The van der Waals surface area contributed by atoms with E-state index < -0.39 is 6.35 Å². The molecule has 1 fully saturated rings. The van der Waals surface area contributed by atoms with Crippen molar-refractivity contribution in [3.05, 3.63) is 57.6 Å². The van der Waals surface area contributed by atoms with Crippen LogP contribution in [0.15, 0.2) is 41.8 Å². The number of hydrogen-bond acceptors (Lipinski definition) is 6. The zero-order valence-corrected chi connectivity index (χ0v) is 20.7. The Bertz CT molecular complexity index is 1050. The van der Waals surface area contributed by atoms with Crippen molar-refractivity contribution in [3.63, 3.8) is 0 Å². The lowest BCUT2D eigenvalue weighted by Crippen LogP contribution is -2.37. The van der Waals surface area contributed by atoms with Gasteiger partial charge in [-0.3, -0.25) is 5.32 Å². The molecule has 0 saturated carbocycles. The Balaban J connectivity index is 1.16. The first kappa shape index (κ1) is 24.5. The number of nitrogens with one attached hydrogen (secondary N) is 2. The van der Waals surface area contributed by atoms with Crippen LogP contribution in [0.25, 0.3) is 10.1 Å². The van der Waals surface area contributed by atoms with Crippen molar-refractivity contribution in [2.45, 2.75) is 25.6 Å². The van der Waals surface area contributed by atoms with Crippen LogP contribution in [0, 0.1) is 5.82 Å². The number of aliphatic hydroxyl groups excluding tert-OH is 1. The van der Waals surface area contributed by atoms with Crippen LogP contribution in [0.5, 0.6) is 0 Å². The van der Waals surface area contributed by atoms with E-state index in [0.29, 0.717) is 22.3 Å². The lowest BCUT2D eigenvalue weighted by molar-refractivity contribution is 0.164. The Morgan fingerprint density at radius 1 is 1.03 bits per heavy atom. The van der Waals surface area contributed by atoms with Crippen molar-refractivity contribution in [3.8, 4) is 0 Å². The van der Waals surface area contributed by atoms with Crippen molar-refractivity contribution in [1.82, 2.24) is 10.2 Å². The molecule has 9 heteroatoms. The smallest absolute Gasteiger partial charge is 0.181 e. The van der Waals surface area contributed by atoms with Crippen LogP contribution in [0.1, 0.15) is 19.3 Å². The summed E-state index contributed by atoms with van der Waals surface area (Å²) in [5, 5.41) is 20.5. The van der Waals surface area contributed by atoms with Gasteiger partial charge in [0.15, 0.2) is 6.35 Å². The van der Waals surface area contributed by atoms with Crippen molar-refractivity contribution in [1.29, 1.82) is 0 Å². The fraction of sp³-hybridized carbons (Fsp3) is 0.417. The van der Waals surface area contributed by atoms with E-state index in [0.717, 1.165) is 62.1 Å². The highest BCUT2D eigenvalue weighted by Crippen LogP contribution is 2.34. The second-order valence-electron chi connectivity index (χ2n) is 8.31. The number of nitrogens with zero attached hydrogens (tertiary/aromatic N) is 2. The zero-order chi connectivity index (χ0) is 23.2. The molecule has 0 spiro atoms. The second kappa shape index (κ2) is 11.7. The maximum Gasteiger partial charge on any atom is 0.181 e. The van der Waals surface area contributed by atoms with Crippen LogP contribution in [-0.2, 0) is 0 Å². The van der Waals surface area contributed by atoms with Gasteiger partial charge in [0, 0.05) is 50.8 Å². The van der Waals surface area contributed by atoms with E-state index in [2.05, 4.69) is 25.8 Å². The van der Waals surface area contributed by atoms with E-state index in [1.807, 2.05) is 6.07 Å². The molecule has 1 unspecified atom stereocenters. The third-order valence-corrected chi connectivity index (χ3v) is 7.22. The minimum Gasteiger partial charge on any atom is -0.369 e. The van der Waals surface area contributed by atoms with Gasteiger partial charge in [-0.05, 0) is 75.3 Å². The Kier molecular flexibility index (Phi) is 8.68. The van der Waals surface area contributed by atoms with Gasteiger partial charge in [-0.25, -0.2) is 4.39 Å². The molecule has 2 heterocycles. The van der Waals surface area contributed by atoms with Gasteiger partial charge < -0.3 is 20.2 Å². The maximum atomic E-state index is 13.5. The summed E-state index contributed by atoms with van der Waals surface area (Å²) in [4.78, 5) is 4.94. The summed E-state index contributed by atoms with van der Waals surface area (Å²) in [7, 11) is 0. The molecular formula is C24H29Cl2FN4OS. The molecule has 0 aliphatic carbocycles. The van der Waals surface area contributed by atoms with E-state index in [1.165, 1.54) is 5.69 Å². The lowest BCUT2D eigenvalue weighted by atomic mass is 10.2. The molecule has 4 rings (SSSR count). The van der Waals surface area contributed by atoms with Crippen molar-refractivity contribution < 1.29 is 9.50 Å². The molecule has 2 aromatic carbocycles. The normalized spacial score (nSPS) is 16.2. The average Bonchev–Trinajstić information content (AvgIpc) is 3.02. The number of halogens is 3. The largest absolute Gasteiger partial charge is 0.369 e. The van der Waals surface area contributed by atoms with Crippen LogP contribution in [0.2, 0.25) is 10.0 Å². The third-order valence-electron chi connectivity index (χ3n) is 5.85. The van der Waals surface area contributed by atoms with E-state index >= 15 is 0 Å². The summed E-state index contributed by atoms with van der Waals surface area (Å²) in [5.41, 5.74) is 1.90. The Labute approximate surface area is 208 Å². The van der Waals surface area contributed by atoms with Gasteiger partial charge in [0.25, 0.3) is 0 Å². The topological polar surface area (TPSA) is 50.8 Å². The van der Waals surface area contributed by atoms with Crippen molar-refractivity contribution in [2.24, 2.45) is 0 Å². The molecule has 1 saturated heterocycles. The second-order valence-corrected chi connectivity index (χ2v) is 10.1. The van der Waals surface area contributed by atoms with Crippen molar-refractivity contribution >= 4 is 56.0 Å². The van der Waals surface area contributed by atoms with Crippen LogP contribution >= 0.6 is 34.5 Å². The minimum absolute atomic E-state index is 0.176. The minimum atomic E-state index is -0.861. The first-order valence-corrected chi connectivity index (χ1v) is 12.9. The Hall–Kier alpha value is -1.61. The van der Waals surface area contributed by atoms with Gasteiger partial charge in [-0.15, -0.1) is 11.3 Å². The summed E-state index contributed by atoms with van der Waals surface area (Å²) in [6, 6.07) is 10.2. The van der Waals surface area contributed by atoms with E-state index in [-0.39, 0.29) is 5.82 Å². The average molecular weight is 511 g/mol. The number of fused-ring (bicyclic) bond motifs is 1. The lowest BCUT2D eigenvalue weighted by Gasteiger charge is -2.23. The molecule has 1 aliphatic rings. The molecule has 178 valence electrons. The molecule has 5 nitrogen and oxygen atoms in total. The SMILES string of the molecule is OC(NCCCCN1CCCN(c2csc3cc(F)ccc23)CC1)Nc1cc(Cl)cc(Cl)c1. The number of rotatable bonds is 9. The summed E-state index contributed by atoms with van der Waals surface area (Å²) in [5.74, 6) is -0.176. The number of anilines is 2. The summed E-state index contributed by atoms with van der Waals surface area (Å²) in [6.45, 7) is 5.85. The molecule has 3 N–H and O–H groups in total. The predicted octanol–water partition coefficient (Wildman–Crippen LogP) is 5.62. The molecule has 1 aromatic heterocycles. The summed E-state index contributed by atoms with van der Waals surface area (Å²) in [6.07, 6.45) is 2.28. The first-order chi connectivity index (χ1) is 16.0. The molecule has 33 heavy (non-hydrogen) atoms. The standard InChI is InChI=1S/C24H29Cl2FN4OS/c25-17-12-18(26)14-20(13-17)29-24(32)28-6-1-2-7-30-8-3-9-31(11-10-30)22-16-33-23-15-19(27)4-5-21(22)23/h4-5,12-16,24,28-29,32H,1-3,6-11H2. The van der Waals surface area contributed by atoms with Gasteiger partial charge in [-0.2, -0.15) is 0 Å². The first-order valence-electron chi connectivity index (χ1n) is 11.3. The van der Waals surface area contributed by atoms with Crippen molar-refractivity contribution in [2.75, 3.05) is 49.5 Å². The summed E-state index contributed by atoms with van der Waals surface area (Å²) >= 11 is 13.6. The van der Waals surface area contributed by atoms with E-state index in [9.17, 15) is 9.50 Å². The zero-order valence-electron chi connectivity index (χ0n) is 18.4. The fourth-order valence-electron chi connectivity index (χ4n) is 4.21. The highest BCUT2D eigenvalue weighted by atomic mass is 35.5. The Morgan fingerprint density at radius 2 is 1.85 bits per heavy atom. The number of thiophene rings is 1. The maximum absolute atomic E-state index is 13.5. The molecular weight excluding hydrogens is 482 g/mol. The van der Waals surface area contributed by atoms with Gasteiger partial charge >= 0.3 is 0 Å². The quantitative estimate of drug-likeness (QED) is 0.257. The summed E-state index contributed by atoms with van der Waals surface area (Å²) < 4.78 is 14.5. The highest BCUT2D eigenvalue weighted by molar-refractivity contribution is 7.17. The van der Waals surface area contributed by atoms with E-state index in [1.54, 1.807) is 41.7 Å². The van der Waals surface area contributed by atoms with Crippen LogP contribution in [-0.4, -0.2) is 55.6 Å². The van der Waals surface area contributed by atoms with Gasteiger partial charge in [0.2, 0.25) is 0 Å². The van der Waals surface area contributed by atoms with Gasteiger partial charge in [0.1, 0.15) is 5.82 Å². The van der Waals surface area contributed by atoms with E-state index in [4.69, 9.17) is 23.2 Å². The van der Waals surface area contributed by atoms with Crippen LogP contribution < -0.4 is 15.5 Å². The molecule has 3 aromatic rings. The number of aliphatic hydroxyl groups is 1. The van der Waals surface area contributed by atoms with Gasteiger partial charge in [-0.1, -0.05) is 23.2 Å². The number of benzene rings is 2. The molecule has 0 bridgehead atoms. The fourth-order valence-corrected chi connectivity index (χ4v) is 5.73. The molecule has 1 aliphatic heterocycles. The molecule has 0 amide bonds. The monoisotopic (exact) mass is 510 g/mol. The van der Waals surface area contributed by atoms with Crippen LogP contribution in [0.4, 0.5) is 15.8 Å². The number of hydrogen-bond donors (Lipinski definition) is 3. The van der Waals surface area contributed by atoms with Crippen LogP contribution in [0.3, 0.4) is 0 Å². The Morgan fingerprint density at radius 3 is 2.67 bits per heavy atom. The van der Waals surface area contributed by atoms with Gasteiger partial charge in [0.05, 0.1) is 5.69 Å². The third kappa shape index (κ3) is 6.94. The molecule has 0 radical (unpaired) electrons. The molecule has 1 atom stereocenters. The number of unbranched alkanes of at least 4 members (excludes halogenated alkanes) is 1. The highest BCUT2D eigenvalue weighted by Gasteiger charge is 2.18.